The molecule has 4 atom stereocenters. The SMILES string of the molecule is CN(C)[C@@H]1[C@@H](NC2CCN(c3ccc4c(c3)CCC4)CC2)[C@H]2CCO[C@H]21. The maximum Gasteiger partial charge on any atom is 0.0789 e. The van der Waals surface area contributed by atoms with Gasteiger partial charge in [-0.2, -0.15) is 0 Å². The second-order valence-electron chi connectivity index (χ2n) is 9.00. The summed E-state index contributed by atoms with van der Waals surface area (Å²) in [6, 6.07) is 9.02. The largest absolute Gasteiger partial charge is 0.376 e. The third-order valence-corrected chi connectivity index (χ3v) is 7.32. The summed E-state index contributed by atoms with van der Waals surface area (Å²) in [6.07, 6.45) is 8.11. The van der Waals surface area contributed by atoms with E-state index in [0.717, 1.165) is 12.5 Å². The van der Waals surface area contributed by atoms with Crippen LogP contribution in [0.3, 0.4) is 0 Å². The van der Waals surface area contributed by atoms with Crippen LogP contribution in [0.15, 0.2) is 18.2 Å². The molecular weight excluding hydrogens is 322 g/mol. The Bertz CT molecular complexity index is 653. The Labute approximate surface area is 157 Å². The van der Waals surface area contributed by atoms with E-state index >= 15 is 0 Å². The number of piperidine rings is 1. The van der Waals surface area contributed by atoms with Gasteiger partial charge in [0, 0.05) is 43.4 Å². The van der Waals surface area contributed by atoms with Crippen LogP contribution < -0.4 is 10.2 Å². The van der Waals surface area contributed by atoms with Crippen molar-refractivity contribution in [3.05, 3.63) is 29.3 Å². The summed E-state index contributed by atoms with van der Waals surface area (Å²) >= 11 is 0. The van der Waals surface area contributed by atoms with Crippen LogP contribution in [-0.4, -0.2) is 62.9 Å². The zero-order valence-electron chi connectivity index (χ0n) is 16.3. The van der Waals surface area contributed by atoms with Crippen molar-refractivity contribution >= 4 is 5.69 Å². The molecule has 0 aromatic heterocycles. The summed E-state index contributed by atoms with van der Waals surface area (Å²) in [7, 11) is 4.40. The predicted molar refractivity (Wildman–Crippen MR) is 106 cm³/mol. The van der Waals surface area contributed by atoms with Gasteiger partial charge in [0.2, 0.25) is 0 Å². The van der Waals surface area contributed by atoms with Gasteiger partial charge in [0.25, 0.3) is 0 Å². The number of hydrogen-bond acceptors (Lipinski definition) is 4. The summed E-state index contributed by atoms with van der Waals surface area (Å²) in [6.45, 7) is 3.31. The molecule has 4 heteroatoms. The Hall–Kier alpha value is -1.10. The Morgan fingerprint density at radius 2 is 1.88 bits per heavy atom. The van der Waals surface area contributed by atoms with Crippen molar-refractivity contribution in [1.82, 2.24) is 10.2 Å². The number of fused-ring (bicyclic) bond motifs is 2. The monoisotopic (exact) mass is 355 g/mol. The lowest BCUT2D eigenvalue weighted by Crippen LogP contribution is -2.70. The molecule has 3 fully saturated rings. The Balaban J connectivity index is 1.18. The molecule has 4 nitrogen and oxygen atoms in total. The van der Waals surface area contributed by atoms with Crippen molar-refractivity contribution in [1.29, 1.82) is 0 Å². The normalized spacial score (nSPS) is 34.0. The molecule has 2 heterocycles. The van der Waals surface area contributed by atoms with Crippen LogP contribution in [-0.2, 0) is 17.6 Å². The van der Waals surface area contributed by atoms with E-state index in [1.54, 1.807) is 11.1 Å². The molecule has 0 unspecified atom stereocenters. The van der Waals surface area contributed by atoms with Gasteiger partial charge < -0.3 is 19.9 Å². The third kappa shape index (κ3) is 2.87. The summed E-state index contributed by atoms with van der Waals surface area (Å²) < 4.78 is 5.97. The molecule has 2 aliphatic heterocycles. The number of nitrogens with zero attached hydrogens (tertiary/aromatic N) is 2. The predicted octanol–water partition coefficient (Wildman–Crippen LogP) is 2.45. The van der Waals surface area contributed by atoms with E-state index in [9.17, 15) is 0 Å². The van der Waals surface area contributed by atoms with E-state index in [-0.39, 0.29) is 0 Å². The number of likely N-dealkylation sites (N-methyl/N-ethyl adjacent to an activating group) is 1. The number of hydrogen-bond donors (Lipinski definition) is 1. The fourth-order valence-electron chi connectivity index (χ4n) is 5.84. The first-order chi connectivity index (χ1) is 12.7. The maximum atomic E-state index is 5.97. The van der Waals surface area contributed by atoms with Crippen LogP contribution in [0.2, 0.25) is 0 Å². The van der Waals surface area contributed by atoms with Crippen molar-refractivity contribution in [3.63, 3.8) is 0 Å². The van der Waals surface area contributed by atoms with Gasteiger partial charge in [-0.15, -0.1) is 0 Å². The summed E-state index contributed by atoms with van der Waals surface area (Å²) in [4.78, 5) is 4.96. The van der Waals surface area contributed by atoms with Crippen LogP contribution >= 0.6 is 0 Å². The standard InChI is InChI=1S/C22H33N3O/c1-24(2)21-20(19-10-13-26-22(19)21)23-17-8-11-25(12-9-17)18-7-6-15-4-3-5-16(15)14-18/h6-7,14,17,19-23H,3-5,8-13H2,1-2H3/t19-,20+,21-,22-/m1/s1. The molecule has 1 aromatic rings. The molecule has 0 spiro atoms. The van der Waals surface area contributed by atoms with E-state index in [4.69, 9.17) is 4.74 Å². The lowest BCUT2D eigenvalue weighted by Gasteiger charge is -2.52. The molecule has 0 radical (unpaired) electrons. The second kappa shape index (κ2) is 6.81. The summed E-state index contributed by atoms with van der Waals surface area (Å²) in [5.74, 6) is 0.733. The minimum absolute atomic E-state index is 0.467. The first-order valence-corrected chi connectivity index (χ1v) is 10.6. The number of benzene rings is 1. The molecule has 0 amide bonds. The number of nitrogens with one attached hydrogen (secondary N) is 1. The first-order valence-electron chi connectivity index (χ1n) is 10.6. The molecule has 1 aromatic carbocycles. The number of anilines is 1. The minimum Gasteiger partial charge on any atom is -0.376 e. The van der Waals surface area contributed by atoms with Crippen molar-refractivity contribution in [2.45, 2.75) is 62.8 Å². The Morgan fingerprint density at radius 3 is 2.69 bits per heavy atom. The topological polar surface area (TPSA) is 27.7 Å². The van der Waals surface area contributed by atoms with Gasteiger partial charge in [-0.05, 0) is 75.9 Å². The lowest BCUT2D eigenvalue weighted by molar-refractivity contribution is -0.0728. The van der Waals surface area contributed by atoms with Crippen molar-refractivity contribution in [3.8, 4) is 0 Å². The van der Waals surface area contributed by atoms with Gasteiger partial charge in [0.15, 0.2) is 0 Å². The first kappa shape index (κ1) is 17.0. The molecule has 1 saturated carbocycles. The fourth-order valence-corrected chi connectivity index (χ4v) is 5.84. The smallest absolute Gasteiger partial charge is 0.0789 e. The minimum atomic E-state index is 0.467. The van der Waals surface area contributed by atoms with E-state index in [2.05, 4.69) is 47.4 Å². The fraction of sp³-hybridized carbons (Fsp3) is 0.727. The summed E-state index contributed by atoms with van der Waals surface area (Å²) in [5, 5.41) is 4.02. The maximum absolute atomic E-state index is 5.97. The molecule has 0 bridgehead atoms. The van der Waals surface area contributed by atoms with Gasteiger partial charge >= 0.3 is 0 Å². The van der Waals surface area contributed by atoms with E-state index in [0.29, 0.717) is 24.2 Å². The molecule has 2 saturated heterocycles. The van der Waals surface area contributed by atoms with E-state index in [1.165, 1.54) is 57.3 Å². The Kier molecular flexibility index (Phi) is 4.46. The van der Waals surface area contributed by atoms with Crippen LogP contribution in [0.5, 0.6) is 0 Å². The summed E-state index contributed by atoms with van der Waals surface area (Å²) in [5.41, 5.74) is 4.62. The third-order valence-electron chi connectivity index (χ3n) is 7.32. The highest BCUT2D eigenvalue weighted by Crippen LogP contribution is 2.41. The van der Waals surface area contributed by atoms with Crippen molar-refractivity contribution in [2.75, 3.05) is 38.7 Å². The van der Waals surface area contributed by atoms with Crippen molar-refractivity contribution in [2.24, 2.45) is 5.92 Å². The van der Waals surface area contributed by atoms with E-state index < -0.39 is 0 Å². The number of ether oxygens (including phenoxy) is 1. The molecule has 142 valence electrons. The van der Waals surface area contributed by atoms with Gasteiger partial charge in [-0.1, -0.05) is 6.07 Å². The number of aryl methyl sites for hydroxylation is 2. The van der Waals surface area contributed by atoms with Gasteiger partial charge in [0.05, 0.1) is 12.1 Å². The van der Waals surface area contributed by atoms with Crippen LogP contribution in [0.4, 0.5) is 5.69 Å². The van der Waals surface area contributed by atoms with Crippen LogP contribution in [0, 0.1) is 5.92 Å². The Morgan fingerprint density at radius 1 is 1.08 bits per heavy atom. The van der Waals surface area contributed by atoms with E-state index in [1.807, 2.05) is 0 Å². The van der Waals surface area contributed by atoms with Crippen LogP contribution in [0.1, 0.15) is 36.8 Å². The molecule has 5 rings (SSSR count). The molecular formula is C22H33N3O. The highest BCUT2D eigenvalue weighted by atomic mass is 16.5. The highest BCUT2D eigenvalue weighted by Gasteiger charge is 2.55. The van der Waals surface area contributed by atoms with Crippen molar-refractivity contribution < 1.29 is 4.74 Å². The zero-order chi connectivity index (χ0) is 17.7. The average Bonchev–Trinajstić information content (AvgIpc) is 3.26. The molecule has 2 aliphatic carbocycles. The second-order valence-corrected chi connectivity index (χ2v) is 9.00. The van der Waals surface area contributed by atoms with Gasteiger partial charge in [-0.25, -0.2) is 0 Å². The van der Waals surface area contributed by atoms with Gasteiger partial charge in [0.1, 0.15) is 0 Å². The van der Waals surface area contributed by atoms with Gasteiger partial charge in [-0.3, -0.25) is 0 Å². The number of rotatable bonds is 4. The molecule has 4 aliphatic rings. The zero-order valence-corrected chi connectivity index (χ0v) is 16.3. The average molecular weight is 356 g/mol. The quantitative estimate of drug-likeness (QED) is 0.898. The van der Waals surface area contributed by atoms with Crippen LogP contribution in [0.25, 0.3) is 0 Å². The lowest BCUT2D eigenvalue weighted by atomic mass is 9.70. The highest BCUT2D eigenvalue weighted by molar-refractivity contribution is 5.52. The molecule has 1 N–H and O–H groups in total. The molecule has 26 heavy (non-hydrogen) atoms.